The van der Waals surface area contributed by atoms with Crippen molar-refractivity contribution in [2.75, 3.05) is 51.3 Å². The van der Waals surface area contributed by atoms with E-state index in [1.165, 1.54) is 29.0 Å². The zero-order chi connectivity index (χ0) is 30.3. The molecule has 14 heteroatoms. The number of amides is 2. The molecule has 1 aliphatic rings. The summed E-state index contributed by atoms with van der Waals surface area (Å²) in [6.45, 7) is 11.3. The molecule has 1 fully saturated rings. The highest BCUT2D eigenvalue weighted by molar-refractivity contribution is 6.76. The molecule has 42 heavy (non-hydrogen) atoms. The van der Waals surface area contributed by atoms with Crippen LogP contribution in [0.2, 0.25) is 25.7 Å². The first-order valence-corrected chi connectivity index (χ1v) is 17.6. The fourth-order valence-corrected chi connectivity index (χ4v) is 5.17. The Bertz CT molecular complexity index is 1360. The van der Waals surface area contributed by atoms with Crippen LogP contribution in [0.5, 0.6) is 11.5 Å². The monoisotopic (exact) mass is 611 g/mol. The lowest BCUT2D eigenvalue weighted by Gasteiger charge is -2.26. The van der Waals surface area contributed by atoms with Crippen molar-refractivity contribution in [3.8, 4) is 11.5 Å². The lowest BCUT2D eigenvalue weighted by Crippen LogP contribution is -2.38. The minimum atomic E-state index is -4.70. The van der Waals surface area contributed by atoms with Crippen LogP contribution in [-0.2, 0) is 22.4 Å². The van der Waals surface area contributed by atoms with Crippen molar-refractivity contribution in [1.82, 2.24) is 19.8 Å². The number of hydrogen-bond donors (Lipinski definition) is 2. The SMILES string of the molecule is C[Si](C)(C)CCOCn1cc(C(F)(F)F)c2c(Oc3ccc(NC(=O)NCCCN4CCOCC4)cc3F)ccnc21. The summed E-state index contributed by atoms with van der Waals surface area (Å²) in [5, 5.41) is 4.99. The Kier molecular flexibility index (Phi) is 10.5. The van der Waals surface area contributed by atoms with E-state index in [4.69, 9.17) is 14.2 Å². The normalized spacial score (nSPS) is 14.7. The van der Waals surface area contributed by atoms with Crippen LogP contribution < -0.4 is 15.4 Å². The Morgan fingerprint density at radius 2 is 1.90 bits per heavy atom. The number of nitrogens with zero attached hydrogens (tertiary/aromatic N) is 3. The molecule has 1 saturated heterocycles. The average Bonchev–Trinajstić information content (AvgIpc) is 3.31. The number of hydrogen-bond acceptors (Lipinski definition) is 6. The Labute approximate surface area is 243 Å². The van der Waals surface area contributed by atoms with E-state index in [0.717, 1.165) is 44.4 Å². The van der Waals surface area contributed by atoms with E-state index in [1.807, 2.05) is 0 Å². The number of morpholine rings is 1. The molecule has 2 amide bonds. The summed E-state index contributed by atoms with van der Waals surface area (Å²) in [4.78, 5) is 18.6. The second-order valence-electron chi connectivity index (χ2n) is 11.3. The zero-order valence-electron chi connectivity index (χ0n) is 24.0. The third-order valence-electron chi connectivity index (χ3n) is 6.70. The van der Waals surface area contributed by atoms with E-state index in [1.54, 1.807) is 0 Å². The summed E-state index contributed by atoms with van der Waals surface area (Å²) in [5.41, 5.74) is -0.779. The lowest BCUT2D eigenvalue weighted by molar-refractivity contribution is -0.136. The standard InChI is InChI=1S/C28H37F4N5O4Si/c1-42(2,3)16-15-40-19-37-18-21(28(30,31)32)25-24(7-9-33-26(25)37)41-23-6-5-20(17-22(23)29)35-27(38)34-8-4-10-36-11-13-39-14-12-36/h5-7,9,17-18H,4,8,10-16,19H2,1-3H3,(H2,34,35,38). The minimum Gasteiger partial charge on any atom is -0.453 e. The van der Waals surface area contributed by atoms with E-state index >= 15 is 0 Å². The Morgan fingerprint density at radius 1 is 1.14 bits per heavy atom. The van der Waals surface area contributed by atoms with Gasteiger partial charge in [-0.25, -0.2) is 14.2 Å². The van der Waals surface area contributed by atoms with Gasteiger partial charge in [-0.15, -0.1) is 0 Å². The zero-order valence-corrected chi connectivity index (χ0v) is 25.0. The molecule has 3 aromatic rings. The molecule has 2 N–H and O–H groups in total. The maximum absolute atomic E-state index is 15.0. The maximum atomic E-state index is 15.0. The number of urea groups is 1. The number of aromatic nitrogens is 2. The number of halogens is 4. The van der Waals surface area contributed by atoms with Crippen LogP contribution in [0.25, 0.3) is 11.0 Å². The summed E-state index contributed by atoms with van der Waals surface area (Å²) < 4.78 is 74.8. The van der Waals surface area contributed by atoms with Crippen molar-refractivity contribution in [3.05, 3.63) is 48.0 Å². The summed E-state index contributed by atoms with van der Waals surface area (Å²) in [7, 11) is -1.38. The summed E-state index contributed by atoms with van der Waals surface area (Å²) in [5.74, 6) is -1.36. The number of anilines is 1. The molecule has 0 atom stereocenters. The molecule has 1 aromatic carbocycles. The predicted octanol–water partition coefficient (Wildman–Crippen LogP) is 6.14. The van der Waals surface area contributed by atoms with Crippen molar-refractivity contribution in [1.29, 1.82) is 0 Å². The number of benzene rings is 1. The lowest BCUT2D eigenvalue weighted by atomic mass is 10.2. The molecule has 0 radical (unpaired) electrons. The van der Waals surface area contributed by atoms with E-state index < -0.39 is 31.7 Å². The van der Waals surface area contributed by atoms with Crippen molar-refractivity contribution in [3.63, 3.8) is 0 Å². The van der Waals surface area contributed by atoms with Gasteiger partial charge in [0.05, 0.1) is 24.2 Å². The van der Waals surface area contributed by atoms with Gasteiger partial charge in [0.25, 0.3) is 0 Å². The van der Waals surface area contributed by atoms with Gasteiger partial charge in [-0.05, 0) is 37.2 Å². The average molecular weight is 612 g/mol. The van der Waals surface area contributed by atoms with Gasteiger partial charge in [0, 0.05) is 58.5 Å². The van der Waals surface area contributed by atoms with Crippen LogP contribution in [0.1, 0.15) is 12.0 Å². The highest BCUT2D eigenvalue weighted by Gasteiger charge is 2.36. The maximum Gasteiger partial charge on any atom is 0.418 e. The highest BCUT2D eigenvalue weighted by Crippen LogP contribution is 2.41. The molecule has 0 spiro atoms. The number of alkyl halides is 3. The van der Waals surface area contributed by atoms with E-state index in [2.05, 4.69) is 40.2 Å². The molecule has 4 rings (SSSR count). The van der Waals surface area contributed by atoms with Gasteiger partial charge < -0.3 is 29.4 Å². The Hall–Kier alpha value is -3.20. The molecule has 230 valence electrons. The number of pyridine rings is 1. The number of carbonyl (C=O) groups is 1. The summed E-state index contributed by atoms with van der Waals surface area (Å²) in [6.07, 6.45) is -1.72. The Morgan fingerprint density at radius 3 is 2.60 bits per heavy atom. The molecule has 0 saturated carbocycles. The summed E-state index contributed by atoms with van der Waals surface area (Å²) in [6, 6.07) is 5.32. The van der Waals surface area contributed by atoms with Gasteiger partial charge in [-0.3, -0.25) is 4.90 Å². The van der Waals surface area contributed by atoms with E-state index in [-0.39, 0.29) is 35.0 Å². The molecule has 0 bridgehead atoms. The third-order valence-corrected chi connectivity index (χ3v) is 8.41. The number of rotatable bonds is 12. The molecule has 0 aliphatic carbocycles. The van der Waals surface area contributed by atoms with Crippen molar-refractivity contribution in [2.45, 2.75) is 45.0 Å². The van der Waals surface area contributed by atoms with Gasteiger partial charge in [0.15, 0.2) is 11.6 Å². The molecule has 9 nitrogen and oxygen atoms in total. The van der Waals surface area contributed by atoms with Gasteiger partial charge in [-0.1, -0.05) is 19.6 Å². The predicted molar refractivity (Wildman–Crippen MR) is 154 cm³/mol. The fraction of sp³-hybridized carbons (Fsp3) is 0.500. The van der Waals surface area contributed by atoms with Crippen LogP contribution in [0.4, 0.5) is 28.0 Å². The largest absolute Gasteiger partial charge is 0.453 e. The summed E-state index contributed by atoms with van der Waals surface area (Å²) >= 11 is 0. The molecule has 2 aromatic heterocycles. The molecular weight excluding hydrogens is 574 g/mol. The minimum absolute atomic E-state index is 0.0109. The fourth-order valence-electron chi connectivity index (χ4n) is 4.41. The van der Waals surface area contributed by atoms with Gasteiger partial charge in [-0.2, -0.15) is 13.2 Å². The topological polar surface area (TPSA) is 89.9 Å². The van der Waals surface area contributed by atoms with Gasteiger partial charge in [0.1, 0.15) is 18.1 Å². The van der Waals surface area contributed by atoms with E-state index in [0.29, 0.717) is 26.4 Å². The quantitative estimate of drug-likeness (QED) is 0.145. The van der Waals surface area contributed by atoms with Crippen LogP contribution >= 0.6 is 0 Å². The molecule has 3 heterocycles. The third kappa shape index (κ3) is 8.90. The van der Waals surface area contributed by atoms with E-state index in [9.17, 15) is 22.4 Å². The number of nitrogens with one attached hydrogen (secondary N) is 2. The van der Waals surface area contributed by atoms with Crippen molar-refractivity contribution < 1.29 is 36.6 Å². The molecule has 0 unspecified atom stereocenters. The smallest absolute Gasteiger partial charge is 0.418 e. The van der Waals surface area contributed by atoms with Gasteiger partial charge >= 0.3 is 12.2 Å². The highest BCUT2D eigenvalue weighted by atomic mass is 28.3. The first kappa shape index (κ1) is 31.7. The second-order valence-corrected chi connectivity index (χ2v) is 16.9. The van der Waals surface area contributed by atoms with Crippen LogP contribution in [0, 0.1) is 5.82 Å². The van der Waals surface area contributed by atoms with Crippen molar-refractivity contribution in [2.24, 2.45) is 0 Å². The number of fused-ring (bicyclic) bond motifs is 1. The number of carbonyl (C=O) groups excluding carboxylic acids is 1. The first-order valence-electron chi connectivity index (χ1n) is 13.9. The molecular formula is C28H37F4N5O4Si. The van der Waals surface area contributed by atoms with Crippen molar-refractivity contribution >= 4 is 30.8 Å². The van der Waals surface area contributed by atoms with Gasteiger partial charge in [0.2, 0.25) is 0 Å². The van der Waals surface area contributed by atoms with Crippen LogP contribution in [0.15, 0.2) is 36.7 Å². The molecule has 1 aliphatic heterocycles. The Balaban J connectivity index is 1.41. The van der Waals surface area contributed by atoms with Crippen LogP contribution in [0.3, 0.4) is 0 Å². The van der Waals surface area contributed by atoms with Crippen LogP contribution in [-0.4, -0.2) is 74.6 Å². The first-order chi connectivity index (χ1) is 19.9. The number of ether oxygens (including phenoxy) is 3. The second kappa shape index (κ2) is 13.8.